The zero-order valence-electron chi connectivity index (χ0n) is 5.97. The van der Waals surface area contributed by atoms with E-state index in [4.69, 9.17) is 15.1 Å². The first-order valence-electron chi connectivity index (χ1n) is 3.22. The summed E-state index contributed by atoms with van der Waals surface area (Å²) in [7, 11) is -3.86. The van der Waals surface area contributed by atoms with Crippen LogP contribution in [0.5, 0.6) is 0 Å². The highest BCUT2D eigenvalue weighted by molar-refractivity contribution is 7.50. The van der Waals surface area contributed by atoms with Crippen molar-refractivity contribution in [3.05, 3.63) is 0 Å². The van der Waals surface area contributed by atoms with Crippen molar-refractivity contribution in [1.29, 1.82) is 0 Å². The highest BCUT2D eigenvalue weighted by Crippen LogP contribution is 2.32. The average molecular weight is 182 g/mol. The fourth-order valence-electron chi connectivity index (χ4n) is 0.794. The molecular formula is C4H11N2O4P. The summed E-state index contributed by atoms with van der Waals surface area (Å²) in [6.07, 6.45) is 0. The molecular weight excluding hydrogens is 171 g/mol. The molecule has 1 unspecified atom stereocenters. The quantitative estimate of drug-likeness (QED) is 0.550. The van der Waals surface area contributed by atoms with E-state index >= 15 is 0 Å². The van der Waals surface area contributed by atoms with E-state index in [0.717, 1.165) is 0 Å². The third-order valence-corrected chi connectivity index (χ3v) is 1.67. The number of nitrogens with two attached hydrogens (primary N) is 1. The van der Waals surface area contributed by atoms with E-state index in [1.807, 2.05) is 0 Å². The average Bonchev–Trinajstić information content (AvgIpc) is 1.85. The molecule has 0 aromatic heterocycles. The molecule has 1 rings (SSSR count). The first kappa shape index (κ1) is 9.12. The van der Waals surface area contributed by atoms with Gasteiger partial charge in [0.25, 0.3) is 0 Å². The van der Waals surface area contributed by atoms with Gasteiger partial charge in [0.2, 0.25) is 0 Å². The fraction of sp³-hybridized carbons (Fsp3) is 1.00. The van der Waals surface area contributed by atoms with Gasteiger partial charge in [-0.2, -0.15) is 5.06 Å². The predicted molar refractivity (Wildman–Crippen MR) is 37.5 cm³/mol. The van der Waals surface area contributed by atoms with Gasteiger partial charge < -0.3 is 9.63 Å². The zero-order valence-corrected chi connectivity index (χ0v) is 6.87. The molecule has 11 heavy (non-hydrogen) atoms. The monoisotopic (exact) mass is 182 g/mol. The van der Waals surface area contributed by atoms with Crippen LogP contribution < -0.4 is 5.50 Å². The maximum absolute atomic E-state index is 10.5. The first-order valence-corrected chi connectivity index (χ1v) is 4.86. The summed E-state index contributed by atoms with van der Waals surface area (Å²) in [6.45, 7) is 1.95. The van der Waals surface area contributed by atoms with Gasteiger partial charge in [0.15, 0.2) is 0 Å². The summed E-state index contributed by atoms with van der Waals surface area (Å²) in [5, 5.41) is 1.34. The summed E-state index contributed by atoms with van der Waals surface area (Å²) in [5.74, 6) is 0. The third-order valence-electron chi connectivity index (χ3n) is 1.20. The number of ether oxygens (including phenoxy) is 1. The van der Waals surface area contributed by atoms with E-state index < -0.39 is 7.75 Å². The summed E-state index contributed by atoms with van der Waals surface area (Å²) in [6, 6.07) is 0. The molecule has 0 bridgehead atoms. The van der Waals surface area contributed by atoms with Crippen molar-refractivity contribution in [2.75, 3.05) is 26.3 Å². The molecule has 1 aliphatic rings. The fourth-order valence-corrected chi connectivity index (χ4v) is 1.29. The van der Waals surface area contributed by atoms with Gasteiger partial charge in [-0.05, 0) is 0 Å². The van der Waals surface area contributed by atoms with Crippen molar-refractivity contribution in [3.8, 4) is 0 Å². The lowest BCUT2D eigenvalue weighted by atomic mass is 10.5. The second kappa shape index (κ2) is 3.62. The molecule has 1 saturated heterocycles. The maximum Gasteiger partial charge on any atom is 0.416 e. The summed E-state index contributed by atoms with van der Waals surface area (Å²) in [5.41, 5.74) is 4.77. The van der Waals surface area contributed by atoms with Crippen LogP contribution in [0, 0.1) is 0 Å². The Morgan fingerprint density at radius 2 is 2.09 bits per heavy atom. The minimum atomic E-state index is -3.86. The molecule has 0 aliphatic carbocycles. The van der Waals surface area contributed by atoms with E-state index in [1.165, 1.54) is 5.06 Å². The largest absolute Gasteiger partial charge is 0.416 e. The molecule has 1 fully saturated rings. The van der Waals surface area contributed by atoms with E-state index in [9.17, 15) is 4.57 Å². The Bertz CT molecular complexity index is 163. The van der Waals surface area contributed by atoms with E-state index in [0.29, 0.717) is 26.3 Å². The van der Waals surface area contributed by atoms with Gasteiger partial charge in [0, 0.05) is 13.1 Å². The van der Waals surface area contributed by atoms with Gasteiger partial charge in [0.05, 0.1) is 13.2 Å². The van der Waals surface area contributed by atoms with Crippen LogP contribution in [0.2, 0.25) is 0 Å². The van der Waals surface area contributed by atoms with Gasteiger partial charge in [-0.3, -0.25) is 0 Å². The number of morpholine rings is 1. The van der Waals surface area contributed by atoms with Crippen LogP contribution in [0.15, 0.2) is 0 Å². The molecule has 3 N–H and O–H groups in total. The van der Waals surface area contributed by atoms with Gasteiger partial charge in [-0.15, -0.1) is 0 Å². The normalized spacial score (nSPS) is 26.4. The molecule has 7 heteroatoms. The van der Waals surface area contributed by atoms with Gasteiger partial charge >= 0.3 is 7.75 Å². The van der Waals surface area contributed by atoms with Crippen molar-refractivity contribution in [2.45, 2.75) is 0 Å². The topological polar surface area (TPSA) is 85.0 Å². The van der Waals surface area contributed by atoms with Gasteiger partial charge in [0.1, 0.15) is 0 Å². The summed E-state index contributed by atoms with van der Waals surface area (Å²) in [4.78, 5) is 8.60. The summed E-state index contributed by atoms with van der Waals surface area (Å²) < 4.78 is 20.0. The van der Waals surface area contributed by atoms with E-state index in [-0.39, 0.29) is 0 Å². The third kappa shape index (κ3) is 3.81. The highest BCUT2D eigenvalue weighted by Gasteiger charge is 2.20. The minimum Gasteiger partial charge on any atom is -0.379 e. The van der Waals surface area contributed by atoms with Crippen molar-refractivity contribution < 1.29 is 18.8 Å². The second-order valence-corrected chi connectivity index (χ2v) is 3.48. The predicted octanol–water partition coefficient (Wildman–Crippen LogP) is -0.691. The Morgan fingerprint density at radius 3 is 2.55 bits per heavy atom. The van der Waals surface area contributed by atoms with Crippen LogP contribution >= 0.6 is 7.75 Å². The van der Waals surface area contributed by atoms with Crippen LogP contribution in [-0.4, -0.2) is 36.3 Å². The number of nitrogens with zero attached hydrogens (tertiary/aromatic N) is 1. The lowest BCUT2D eigenvalue weighted by Crippen LogP contribution is -2.36. The SMILES string of the molecule is NP(=O)(O)ON1CCOCC1. The summed E-state index contributed by atoms with van der Waals surface area (Å²) >= 11 is 0. The molecule has 0 amide bonds. The van der Waals surface area contributed by atoms with Crippen molar-refractivity contribution >= 4 is 7.75 Å². The van der Waals surface area contributed by atoms with Crippen LogP contribution in [-0.2, 0) is 13.9 Å². The van der Waals surface area contributed by atoms with Gasteiger partial charge in [-0.1, -0.05) is 0 Å². The molecule has 0 aromatic rings. The molecule has 1 atom stereocenters. The first-order chi connectivity index (χ1) is 5.08. The maximum atomic E-state index is 10.5. The molecule has 66 valence electrons. The molecule has 6 nitrogen and oxygen atoms in total. The van der Waals surface area contributed by atoms with Crippen LogP contribution in [0.1, 0.15) is 0 Å². The second-order valence-electron chi connectivity index (χ2n) is 2.19. The highest BCUT2D eigenvalue weighted by atomic mass is 31.2. The minimum absolute atomic E-state index is 0.474. The number of rotatable bonds is 2. The van der Waals surface area contributed by atoms with Crippen molar-refractivity contribution in [1.82, 2.24) is 5.06 Å². The Labute approximate surface area is 64.4 Å². The van der Waals surface area contributed by atoms with Gasteiger partial charge in [-0.25, -0.2) is 14.7 Å². The van der Waals surface area contributed by atoms with Crippen LogP contribution in [0.25, 0.3) is 0 Å². The number of hydroxylamine groups is 2. The smallest absolute Gasteiger partial charge is 0.379 e. The van der Waals surface area contributed by atoms with Crippen molar-refractivity contribution in [2.24, 2.45) is 5.50 Å². The molecule has 1 aliphatic heterocycles. The van der Waals surface area contributed by atoms with E-state index in [1.54, 1.807) is 0 Å². The standard InChI is InChI=1S/C4H11N2O4P/c5-11(7,8)10-6-1-3-9-4-2-6/h1-4H2,(H3,5,7,8). The van der Waals surface area contributed by atoms with Crippen molar-refractivity contribution in [3.63, 3.8) is 0 Å². The molecule has 0 saturated carbocycles. The molecule has 1 heterocycles. The lowest BCUT2D eigenvalue weighted by Gasteiger charge is -2.25. The number of hydrogen-bond acceptors (Lipinski definition) is 4. The number of hydrogen-bond donors (Lipinski definition) is 2. The molecule has 0 radical (unpaired) electrons. The Balaban J connectivity index is 2.30. The molecule has 0 spiro atoms. The Kier molecular flexibility index (Phi) is 3.00. The van der Waals surface area contributed by atoms with Crippen LogP contribution in [0.4, 0.5) is 0 Å². The lowest BCUT2D eigenvalue weighted by molar-refractivity contribution is -0.123. The van der Waals surface area contributed by atoms with E-state index in [2.05, 4.69) is 4.62 Å². The molecule has 0 aromatic carbocycles. The zero-order chi connectivity index (χ0) is 8.32. The Hall–Kier alpha value is 0.0300. The Morgan fingerprint density at radius 1 is 1.55 bits per heavy atom. The van der Waals surface area contributed by atoms with Crippen LogP contribution in [0.3, 0.4) is 0 Å².